The van der Waals surface area contributed by atoms with Gasteiger partial charge in [-0.2, -0.15) is 0 Å². The van der Waals surface area contributed by atoms with Gasteiger partial charge < -0.3 is 20.9 Å². The van der Waals surface area contributed by atoms with Gasteiger partial charge in [0.2, 0.25) is 15.9 Å². The lowest BCUT2D eigenvalue weighted by atomic mass is 10.3. The number of rotatable bonds is 7. The third-order valence-electron chi connectivity index (χ3n) is 2.47. The Morgan fingerprint density at radius 3 is 2.35 bits per heavy atom. The molecule has 9 heteroatoms. The lowest BCUT2D eigenvalue weighted by Gasteiger charge is -2.13. The molecule has 0 heterocycles. The monoisotopic (exact) mass is 303 g/mol. The van der Waals surface area contributed by atoms with Crippen LogP contribution in [0.3, 0.4) is 0 Å². The van der Waals surface area contributed by atoms with E-state index in [-0.39, 0.29) is 29.3 Å². The molecular formula is C11H17N3O5S. The quantitative estimate of drug-likeness (QED) is 0.578. The normalized spacial score (nSPS) is 11.1. The smallest absolute Gasteiger partial charge is 0.244 e. The highest BCUT2D eigenvalue weighted by molar-refractivity contribution is 7.89. The van der Waals surface area contributed by atoms with Gasteiger partial charge in [0.1, 0.15) is 16.4 Å². The summed E-state index contributed by atoms with van der Waals surface area (Å²) in [7, 11) is -1.13. The van der Waals surface area contributed by atoms with E-state index in [2.05, 4.69) is 4.72 Å². The fourth-order valence-corrected chi connectivity index (χ4v) is 2.71. The van der Waals surface area contributed by atoms with Crippen LogP contribution in [0.2, 0.25) is 0 Å². The predicted molar refractivity (Wildman–Crippen MR) is 73.0 cm³/mol. The molecular weight excluding hydrogens is 286 g/mol. The Hall–Kier alpha value is -2.00. The number of carbonyl (C=O) groups is 1. The molecule has 0 aliphatic rings. The topological polar surface area (TPSA) is 134 Å². The van der Waals surface area contributed by atoms with E-state index in [1.165, 1.54) is 26.4 Å². The number of hydrogen-bond acceptors (Lipinski definition) is 6. The molecule has 0 saturated carbocycles. The number of anilines is 1. The fraction of sp³-hybridized carbons (Fsp3) is 0.364. The SMILES string of the molecule is COc1cc(OC)c(S(=O)(=O)NCCC(N)=O)cc1N. The Morgan fingerprint density at radius 2 is 1.85 bits per heavy atom. The van der Waals surface area contributed by atoms with Crippen LogP contribution in [-0.4, -0.2) is 35.1 Å². The van der Waals surface area contributed by atoms with Crippen LogP contribution in [0, 0.1) is 0 Å². The first-order valence-corrected chi connectivity index (χ1v) is 7.09. The Bertz CT molecular complexity index is 600. The number of nitrogens with two attached hydrogens (primary N) is 2. The molecule has 1 aromatic rings. The number of methoxy groups -OCH3 is 2. The molecule has 0 bridgehead atoms. The van der Waals surface area contributed by atoms with Gasteiger partial charge in [0.15, 0.2) is 0 Å². The third kappa shape index (κ3) is 3.75. The second-order valence-corrected chi connectivity index (χ2v) is 5.59. The minimum atomic E-state index is -3.86. The average Bonchev–Trinajstić information content (AvgIpc) is 2.37. The molecule has 0 spiro atoms. The minimum absolute atomic E-state index is 0.0858. The molecule has 20 heavy (non-hydrogen) atoms. The number of primary amides is 1. The third-order valence-corrected chi connectivity index (χ3v) is 3.95. The van der Waals surface area contributed by atoms with Crippen molar-refractivity contribution in [3.63, 3.8) is 0 Å². The highest BCUT2D eigenvalue weighted by atomic mass is 32.2. The number of sulfonamides is 1. The number of amides is 1. The summed E-state index contributed by atoms with van der Waals surface area (Å²) in [6.45, 7) is -0.104. The van der Waals surface area contributed by atoms with Gasteiger partial charge in [-0.05, 0) is 6.07 Å². The molecule has 1 aromatic carbocycles. The first-order chi connectivity index (χ1) is 9.31. The Kier molecular flexibility index (Phi) is 5.17. The summed E-state index contributed by atoms with van der Waals surface area (Å²) in [5.41, 5.74) is 10.8. The summed E-state index contributed by atoms with van der Waals surface area (Å²) in [6, 6.07) is 2.60. The van der Waals surface area contributed by atoms with Crippen molar-refractivity contribution in [1.29, 1.82) is 0 Å². The van der Waals surface area contributed by atoms with Crippen molar-refractivity contribution in [3.8, 4) is 11.5 Å². The van der Waals surface area contributed by atoms with Gasteiger partial charge in [-0.3, -0.25) is 4.79 Å². The zero-order chi connectivity index (χ0) is 15.3. The predicted octanol–water partition coefficient (Wildman–Crippen LogP) is -0.560. The maximum atomic E-state index is 12.1. The van der Waals surface area contributed by atoms with Gasteiger partial charge in [-0.15, -0.1) is 0 Å². The van der Waals surface area contributed by atoms with Crippen LogP contribution >= 0.6 is 0 Å². The van der Waals surface area contributed by atoms with Crippen molar-refractivity contribution in [2.45, 2.75) is 11.3 Å². The molecule has 0 aromatic heterocycles. The fourth-order valence-electron chi connectivity index (χ4n) is 1.49. The summed E-state index contributed by atoms with van der Waals surface area (Å²) in [6.07, 6.45) is -0.104. The number of ether oxygens (including phenoxy) is 2. The number of carbonyl (C=O) groups excluding carboxylic acids is 1. The average molecular weight is 303 g/mol. The number of nitrogens with one attached hydrogen (secondary N) is 1. The molecule has 0 radical (unpaired) electrons. The van der Waals surface area contributed by atoms with Gasteiger partial charge in [0, 0.05) is 19.0 Å². The molecule has 112 valence electrons. The van der Waals surface area contributed by atoms with Crippen molar-refractivity contribution in [2.24, 2.45) is 5.73 Å². The highest BCUT2D eigenvalue weighted by Gasteiger charge is 2.21. The maximum absolute atomic E-state index is 12.1. The van der Waals surface area contributed by atoms with Crippen LogP contribution in [0.25, 0.3) is 0 Å². The van der Waals surface area contributed by atoms with Crippen molar-refractivity contribution >= 4 is 21.6 Å². The molecule has 8 nitrogen and oxygen atoms in total. The summed E-state index contributed by atoms with van der Waals surface area (Å²) in [4.78, 5) is 10.5. The van der Waals surface area contributed by atoms with Crippen molar-refractivity contribution < 1.29 is 22.7 Å². The standard InChI is InChI=1S/C11H17N3O5S/c1-18-8-6-9(19-2)10(5-7(8)12)20(16,17)14-4-3-11(13)15/h5-6,14H,3-4,12H2,1-2H3,(H2,13,15). The molecule has 0 aliphatic heterocycles. The lowest BCUT2D eigenvalue weighted by molar-refractivity contribution is -0.117. The maximum Gasteiger partial charge on any atom is 0.244 e. The van der Waals surface area contributed by atoms with Gasteiger partial charge >= 0.3 is 0 Å². The van der Waals surface area contributed by atoms with Crippen molar-refractivity contribution in [1.82, 2.24) is 4.72 Å². The van der Waals surface area contributed by atoms with E-state index in [0.717, 1.165) is 0 Å². The second kappa shape index (κ2) is 6.44. The van der Waals surface area contributed by atoms with Crippen LogP contribution in [0.15, 0.2) is 17.0 Å². The van der Waals surface area contributed by atoms with E-state index in [0.29, 0.717) is 5.75 Å². The van der Waals surface area contributed by atoms with E-state index in [1.807, 2.05) is 0 Å². The lowest BCUT2D eigenvalue weighted by Crippen LogP contribution is -2.28. The zero-order valence-electron chi connectivity index (χ0n) is 11.2. The first kappa shape index (κ1) is 16.1. The van der Waals surface area contributed by atoms with Crippen LogP contribution < -0.4 is 25.7 Å². The van der Waals surface area contributed by atoms with Gasteiger partial charge in [-0.1, -0.05) is 0 Å². The Morgan fingerprint density at radius 1 is 1.25 bits per heavy atom. The number of benzene rings is 1. The van der Waals surface area contributed by atoms with Gasteiger partial charge in [0.05, 0.1) is 19.9 Å². The highest BCUT2D eigenvalue weighted by Crippen LogP contribution is 2.33. The van der Waals surface area contributed by atoms with Crippen LogP contribution in [0.1, 0.15) is 6.42 Å². The van der Waals surface area contributed by atoms with E-state index in [9.17, 15) is 13.2 Å². The van der Waals surface area contributed by atoms with Crippen molar-refractivity contribution in [3.05, 3.63) is 12.1 Å². The first-order valence-electron chi connectivity index (χ1n) is 5.61. The summed E-state index contributed by atoms with van der Waals surface area (Å²) in [5, 5.41) is 0. The zero-order valence-corrected chi connectivity index (χ0v) is 12.0. The van der Waals surface area contributed by atoms with E-state index in [4.69, 9.17) is 20.9 Å². The van der Waals surface area contributed by atoms with Gasteiger partial charge in [-0.25, -0.2) is 13.1 Å². The molecule has 0 fully saturated rings. The molecule has 0 aliphatic carbocycles. The Balaban J connectivity index is 3.10. The van der Waals surface area contributed by atoms with Crippen LogP contribution in [0.5, 0.6) is 11.5 Å². The molecule has 0 unspecified atom stereocenters. The number of nitrogen functional groups attached to an aromatic ring is 1. The van der Waals surface area contributed by atoms with E-state index >= 15 is 0 Å². The summed E-state index contributed by atoms with van der Waals surface area (Å²) in [5.74, 6) is -0.213. The second-order valence-electron chi connectivity index (χ2n) is 3.86. The van der Waals surface area contributed by atoms with E-state index < -0.39 is 15.9 Å². The molecule has 5 N–H and O–H groups in total. The van der Waals surface area contributed by atoms with Crippen LogP contribution in [-0.2, 0) is 14.8 Å². The van der Waals surface area contributed by atoms with Crippen molar-refractivity contribution in [2.75, 3.05) is 26.5 Å². The molecule has 0 atom stereocenters. The molecule has 1 rings (SSSR count). The molecule has 0 saturated heterocycles. The summed E-state index contributed by atoms with van der Waals surface area (Å²) < 4.78 is 36.4. The number of hydrogen-bond donors (Lipinski definition) is 3. The molecule has 1 amide bonds. The van der Waals surface area contributed by atoms with Gasteiger partial charge in [0.25, 0.3) is 0 Å². The van der Waals surface area contributed by atoms with Crippen LogP contribution in [0.4, 0.5) is 5.69 Å². The summed E-state index contributed by atoms with van der Waals surface area (Å²) >= 11 is 0. The largest absolute Gasteiger partial charge is 0.495 e. The minimum Gasteiger partial charge on any atom is -0.495 e. The Labute approximate surface area is 117 Å². The van der Waals surface area contributed by atoms with E-state index in [1.54, 1.807) is 0 Å².